The largest absolute Gasteiger partial charge is 0.303 e. The van der Waals surface area contributed by atoms with E-state index in [9.17, 15) is 8.78 Å². The Balaban J connectivity index is 0.000000745. The summed E-state index contributed by atoms with van der Waals surface area (Å²) in [5.74, 6) is 1.75. The minimum Gasteiger partial charge on any atom is -0.303 e. The first-order valence-electron chi connectivity index (χ1n) is 9.20. The van der Waals surface area contributed by atoms with E-state index in [0.29, 0.717) is 0 Å². The van der Waals surface area contributed by atoms with Gasteiger partial charge in [-0.3, -0.25) is 0 Å². The van der Waals surface area contributed by atoms with Crippen LogP contribution in [-0.4, -0.2) is 49.1 Å². The van der Waals surface area contributed by atoms with Gasteiger partial charge in [-0.1, -0.05) is 40.0 Å². The summed E-state index contributed by atoms with van der Waals surface area (Å²) in [6, 6.07) is 0.0719. The van der Waals surface area contributed by atoms with Crippen molar-refractivity contribution in [2.24, 2.45) is 11.8 Å². The molecule has 1 aliphatic heterocycles. The maximum atomic E-state index is 12.6. The van der Waals surface area contributed by atoms with Crippen LogP contribution in [0.2, 0.25) is 0 Å². The van der Waals surface area contributed by atoms with Gasteiger partial charge in [0.1, 0.15) is 0 Å². The number of alkyl halides is 2. The van der Waals surface area contributed by atoms with Crippen LogP contribution in [0.4, 0.5) is 8.78 Å². The van der Waals surface area contributed by atoms with E-state index in [1.165, 1.54) is 43.5 Å². The zero-order valence-electron chi connectivity index (χ0n) is 15.0. The van der Waals surface area contributed by atoms with Crippen LogP contribution in [0.3, 0.4) is 0 Å². The summed E-state index contributed by atoms with van der Waals surface area (Å²) in [5, 5.41) is 0. The van der Waals surface area contributed by atoms with E-state index in [-0.39, 0.29) is 6.04 Å². The molecule has 1 saturated heterocycles. The monoisotopic (exact) mass is 318 g/mol. The molecule has 2 aliphatic rings. The Bertz CT molecular complexity index is 270. The van der Waals surface area contributed by atoms with E-state index in [1.54, 1.807) is 7.05 Å². The van der Waals surface area contributed by atoms with Crippen molar-refractivity contribution in [3.8, 4) is 0 Å². The molecule has 132 valence electrons. The molecule has 1 heterocycles. The molecule has 0 N–H and O–H groups in total. The number of likely N-dealkylation sites (tertiary alicyclic amines) is 1. The van der Waals surface area contributed by atoms with Gasteiger partial charge in [-0.15, -0.1) is 0 Å². The van der Waals surface area contributed by atoms with Gasteiger partial charge in [0.15, 0.2) is 0 Å². The van der Waals surface area contributed by atoms with Gasteiger partial charge in [-0.05, 0) is 57.7 Å². The molecule has 2 fully saturated rings. The van der Waals surface area contributed by atoms with Gasteiger partial charge in [-0.25, -0.2) is 4.90 Å². The topological polar surface area (TPSA) is 6.48 Å². The lowest BCUT2D eigenvalue weighted by Gasteiger charge is -2.38. The van der Waals surface area contributed by atoms with Gasteiger partial charge in [0, 0.05) is 12.6 Å². The summed E-state index contributed by atoms with van der Waals surface area (Å²) in [7, 11) is 1.55. The molecule has 0 aromatic carbocycles. The summed E-state index contributed by atoms with van der Waals surface area (Å²) in [6.45, 7) is 7.47. The summed E-state index contributed by atoms with van der Waals surface area (Å²) in [4.78, 5) is 3.73. The van der Waals surface area contributed by atoms with Crippen molar-refractivity contribution in [3.05, 3.63) is 0 Å². The molecular formula is C18H36F2N2. The molecule has 0 aromatic rings. The van der Waals surface area contributed by atoms with E-state index in [0.717, 1.165) is 37.8 Å². The highest BCUT2D eigenvalue weighted by molar-refractivity contribution is 4.80. The van der Waals surface area contributed by atoms with Gasteiger partial charge in [-0.2, -0.15) is 8.78 Å². The average Bonchev–Trinajstić information content (AvgIpc) is 2.50. The zero-order valence-corrected chi connectivity index (χ0v) is 15.0. The molecule has 0 atom stereocenters. The van der Waals surface area contributed by atoms with Crippen molar-refractivity contribution >= 4 is 0 Å². The second-order valence-corrected chi connectivity index (χ2v) is 7.31. The molecule has 0 radical (unpaired) electrons. The van der Waals surface area contributed by atoms with E-state index >= 15 is 0 Å². The highest BCUT2D eigenvalue weighted by Gasteiger charge is 2.28. The van der Waals surface area contributed by atoms with Crippen LogP contribution in [0.15, 0.2) is 0 Å². The molecule has 0 bridgehead atoms. The molecule has 0 amide bonds. The van der Waals surface area contributed by atoms with E-state index in [2.05, 4.69) is 25.7 Å². The summed E-state index contributed by atoms with van der Waals surface area (Å²) in [6.07, 6.45) is 8.49. The normalized spacial score (nSPS) is 27.8. The Morgan fingerprint density at radius 3 is 1.95 bits per heavy atom. The van der Waals surface area contributed by atoms with E-state index in [4.69, 9.17) is 0 Å². The number of halogens is 2. The Kier molecular flexibility index (Phi) is 9.49. The molecule has 1 aliphatic carbocycles. The van der Waals surface area contributed by atoms with Crippen molar-refractivity contribution in [2.45, 2.75) is 78.3 Å². The average molecular weight is 318 g/mol. The Hall–Kier alpha value is -0.220. The van der Waals surface area contributed by atoms with Gasteiger partial charge >= 0.3 is 0 Å². The first-order chi connectivity index (χ1) is 10.5. The predicted molar refractivity (Wildman–Crippen MR) is 90.3 cm³/mol. The highest BCUT2D eigenvalue weighted by Crippen LogP contribution is 2.29. The molecule has 2 nitrogen and oxygen atoms in total. The molecule has 1 saturated carbocycles. The van der Waals surface area contributed by atoms with Crippen molar-refractivity contribution in [1.82, 2.24) is 9.80 Å². The van der Waals surface area contributed by atoms with Crippen molar-refractivity contribution in [3.63, 3.8) is 0 Å². The fourth-order valence-corrected chi connectivity index (χ4v) is 3.55. The number of hydrogen-bond donors (Lipinski definition) is 0. The standard InChI is InChI=1S/C15H28F2N2.C3H8/c1-12-3-5-13(6-4-12)11-19-9-7-14(8-10-19)18(2)15(16)17;1-3-2/h12-15H,3-11H2,1-2H3;3H2,1-2H3. The van der Waals surface area contributed by atoms with Crippen LogP contribution in [0, 0.1) is 11.8 Å². The lowest BCUT2D eigenvalue weighted by Crippen LogP contribution is -2.46. The van der Waals surface area contributed by atoms with Gasteiger partial charge in [0.25, 0.3) is 6.55 Å². The summed E-state index contributed by atoms with van der Waals surface area (Å²) >= 11 is 0. The summed E-state index contributed by atoms with van der Waals surface area (Å²) < 4.78 is 25.3. The fourth-order valence-electron chi connectivity index (χ4n) is 3.55. The third kappa shape index (κ3) is 6.91. The number of hydrogen-bond acceptors (Lipinski definition) is 2. The maximum Gasteiger partial charge on any atom is 0.294 e. The maximum absolute atomic E-state index is 12.6. The third-order valence-electron chi connectivity index (χ3n) is 5.09. The van der Waals surface area contributed by atoms with Crippen LogP contribution in [-0.2, 0) is 0 Å². The van der Waals surface area contributed by atoms with Crippen molar-refractivity contribution in [1.29, 1.82) is 0 Å². The van der Waals surface area contributed by atoms with Crippen molar-refractivity contribution < 1.29 is 8.78 Å². The second kappa shape index (κ2) is 10.5. The minimum atomic E-state index is -2.31. The SMILES string of the molecule is CC1CCC(CN2CCC(N(C)C(F)F)CC2)CC1.CCC. The zero-order chi connectivity index (χ0) is 16.5. The molecule has 2 rings (SSSR count). The van der Waals surface area contributed by atoms with Gasteiger partial charge < -0.3 is 4.90 Å². The van der Waals surface area contributed by atoms with Gasteiger partial charge in [0.05, 0.1) is 0 Å². The Morgan fingerprint density at radius 2 is 1.50 bits per heavy atom. The number of nitrogens with zero attached hydrogens (tertiary/aromatic N) is 2. The Labute approximate surface area is 136 Å². The van der Waals surface area contributed by atoms with Gasteiger partial charge in [0.2, 0.25) is 0 Å². The van der Waals surface area contributed by atoms with Crippen LogP contribution < -0.4 is 0 Å². The highest BCUT2D eigenvalue weighted by atomic mass is 19.3. The quantitative estimate of drug-likeness (QED) is 0.684. The Morgan fingerprint density at radius 1 is 1.00 bits per heavy atom. The molecule has 22 heavy (non-hydrogen) atoms. The number of rotatable bonds is 4. The predicted octanol–water partition coefficient (Wildman–Crippen LogP) is 4.85. The first kappa shape index (κ1) is 19.8. The molecule has 0 unspecified atom stereocenters. The van der Waals surface area contributed by atoms with Crippen LogP contribution >= 0.6 is 0 Å². The second-order valence-electron chi connectivity index (χ2n) is 7.31. The van der Waals surface area contributed by atoms with Crippen LogP contribution in [0.25, 0.3) is 0 Å². The molecular weight excluding hydrogens is 282 g/mol. The fraction of sp³-hybridized carbons (Fsp3) is 1.00. The van der Waals surface area contributed by atoms with Crippen LogP contribution in [0.5, 0.6) is 0 Å². The van der Waals surface area contributed by atoms with E-state index < -0.39 is 6.55 Å². The first-order valence-corrected chi connectivity index (χ1v) is 9.20. The lowest BCUT2D eigenvalue weighted by atomic mass is 9.82. The molecule has 0 aromatic heterocycles. The molecule has 0 spiro atoms. The van der Waals surface area contributed by atoms with E-state index in [1.807, 2.05) is 0 Å². The third-order valence-corrected chi connectivity index (χ3v) is 5.09. The number of piperidine rings is 1. The van der Waals surface area contributed by atoms with Crippen molar-refractivity contribution in [2.75, 3.05) is 26.7 Å². The summed E-state index contributed by atoms with van der Waals surface area (Å²) in [5.41, 5.74) is 0. The smallest absolute Gasteiger partial charge is 0.294 e. The molecule has 4 heteroatoms. The van der Waals surface area contributed by atoms with Crippen LogP contribution in [0.1, 0.15) is 65.7 Å². The lowest BCUT2D eigenvalue weighted by molar-refractivity contribution is -0.0507. The minimum absolute atomic E-state index is 0.0719.